The van der Waals surface area contributed by atoms with Crippen LogP contribution in [0, 0.1) is 6.92 Å². The Kier molecular flexibility index (Phi) is 5.90. The molecule has 3 rings (SSSR count). The number of nitrogens with one attached hydrogen (secondary N) is 1. The number of amides is 2. The van der Waals surface area contributed by atoms with Crippen LogP contribution in [0.25, 0.3) is 11.3 Å². The Balaban J connectivity index is 1.87. The number of hydrogen-bond acceptors (Lipinski definition) is 6. The van der Waals surface area contributed by atoms with Crippen molar-refractivity contribution in [1.82, 2.24) is 14.1 Å². The summed E-state index contributed by atoms with van der Waals surface area (Å²) in [7, 11) is 0. The van der Waals surface area contributed by atoms with Crippen LogP contribution in [0.4, 0.5) is 0 Å². The third kappa shape index (κ3) is 4.29. The van der Waals surface area contributed by atoms with Gasteiger partial charge in [-0.05, 0) is 18.1 Å². The van der Waals surface area contributed by atoms with E-state index in [1.54, 1.807) is 12.1 Å². The Hall–Kier alpha value is -3.39. The van der Waals surface area contributed by atoms with Gasteiger partial charge in [-0.25, -0.2) is 0 Å². The fourth-order valence-corrected chi connectivity index (χ4v) is 3.37. The summed E-state index contributed by atoms with van der Waals surface area (Å²) in [6, 6.07) is 15.5. The molecule has 3 N–H and O–H groups in total. The fraction of sp³-hybridized carbons (Fsp3) is 0.150. The van der Waals surface area contributed by atoms with Crippen molar-refractivity contribution in [3.05, 3.63) is 71.4 Å². The Bertz CT molecular complexity index is 1020. The summed E-state index contributed by atoms with van der Waals surface area (Å²) < 4.78 is 8.32. The molecule has 0 aliphatic carbocycles. The summed E-state index contributed by atoms with van der Waals surface area (Å²) in [6.45, 7) is 1.91. The van der Waals surface area contributed by atoms with Gasteiger partial charge in [-0.2, -0.15) is 8.75 Å². The van der Waals surface area contributed by atoms with E-state index >= 15 is 0 Å². The number of ketones is 1. The van der Waals surface area contributed by atoms with Crippen LogP contribution in [0.5, 0.6) is 0 Å². The average Bonchev–Trinajstić information content (AvgIpc) is 3.17. The van der Waals surface area contributed by atoms with Gasteiger partial charge in [-0.15, -0.1) is 0 Å². The minimum Gasteiger partial charge on any atom is -0.363 e. The molecule has 0 fully saturated rings. The molecule has 2 amide bonds. The molecule has 0 saturated heterocycles. The highest BCUT2D eigenvalue weighted by molar-refractivity contribution is 6.99. The zero-order valence-corrected chi connectivity index (χ0v) is 15.9. The lowest BCUT2D eigenvalue weighted by molar-refractivity contribution is -0.137. The van der Waals surface area contributed by atoms with Crippen molar-refractivity contribution in [2.75, 3.05) is 0 Å². The molecule has 0 spiro atoms. The van der Waals surface area contributed by atoms with Gasteiger partial charge in [0.2, 0.25) is 5.78 Å². The SMILES string of the molecule is Cc1ccccc1-c1nsnc1C(=O)NC(Cc1ccccc1)C(=O)C(N)=O. The molecule has 0 saturated carbocycles. The summed E-state index contributed by atoms with van der Waals surface area (Å²) in [5, 5.41) is 2.59. The second kappa shape index (κ2) is 8.53. The summed E-state index contributed by atoms with van der Waals surface area (Å²) in [6.07, 6.45) is 0.144. The number of Topliss-reactive ketones (excluding diaryl/α,β-unsaturated/α-hetero) is 1. The van der Waals surface area contributed by atoms with Crippen LogP contribution in [-0.2, 0) is 16.0 Å². The molecule has 3 aromatic rings. The van der Waals surface area contributed by atoms with Gasteiger partial charge < -0.3 is 11.1 Å². The van der Waals surface area contributed by atoms with Gasteiger partial charge in [0.15, 0.2) is 5.69 Å². The predicted octanol–water partition coefficient (Wildman–Crippen LogP) is 1.91. The van der Waals surface area contributed by atoms with Crippen LogP contribution < -0.4 is 11.1 Å². The lowest BCUT2D eigenvalue weighted by atomic mass is 10.0. The van der Waals surface area contributed by atoms with Crippen molar-refractivity contribution < 1.29 is 14.4 Å². The van der Waals surface area contributed by atoms with E-state index < -0.39 is 23.6 Å². The Labute approximate surface area is 165 Å². The number of carbonyl (C=O) groups excluding carboxylic acids is 3. The molecule has 0 aliphatic heterocycles. The van der Waals surface area contributed by atoms with Crippen molar-refractivity contribution in [3.8, 4) is 11.3 Å². The smallest absolute Gasteiger partial charge is 0.287 e. The molecule has 1 atom stereocenters. The normalized spacial score (nSPS) is 11.6. The molecular formula is C20H18N4O3S. The first-order chi connectivity index (χ1) is 13.5. The van der Waals surface area contributed by atoms with Crippen LogP contribution in [0.3, 0.4) is 0 Å². The monoisotopic (exact) mass is 394 g/mol. The first-order valence-corrected chi connectivity index (χ1v) is 9.27. The molecule has 0 radical (unpaired) electrons. The molecule has 7 nitrogen and oxygen atoms in total. The van der Waals surface area contributed by atoms with Crippen molar-refractivity contribution in [2.24, 2.45) is 5.73 Å². The Morgan fingerprint density at radius 2 is 1.71 bits per heavy atom. The molecule has 0 bridgehead atoms. The quantitative estimate of drug-likeness (QED) is 0.594. The van der Waals surface area contributed by atoms with Crippen molar-refractivity contribution in [2.45, 2.75) is 19.4 Å². The molecule has 0 aliphatic rings. The first kappa shape index (κ1) is 19.4. The summed E-state index contributed by atoms with van der Waals surface area (Å²) in [5.74, 6) is -2.54. The maximum atomic E-state index is 12.8. The van der Waals surface area contributed by atoms with E-state index in [1.807, 2.05) is 49.4 Å². The molecule has 142 valence electrons. The van der Waals surface area contributed by atoms with Gasteiger partial charge in [-0.3, -0.25) is 14.4 Å². The van der Waals surface area contributed by atoms with Gasteiger partial charge in [0.25, 0.3) is 11.8 Å². The second-order valence-electron chi connectivity index (χ2n) is 6.22. The van der Waals surface area contributed by atoms with E-state index in [0.29, 0.717) is 5.69 Å². The number of primary amides is 1. The lowest BCUT2D eigenvalue weighted by Crippen LogP contribution is -2.47. The summed E-state index contributed by atoms with van der Waals surface area (Å²) in [5.41, 5.74) is 8.21. The predicted molar refractivity (Wildman–Crippen MR) is 106 cm³/mol. The minimum absolute atomic E-state index is 0.106. The maximum absolute atomic E-state index is 12.8. The number of nitrogens with zero attached hydrogens (tertiary/aromatic N) is 2. The standard InChI is InChI=1S/C20H18N4O3S/c1-12-7-5-6-10-14(12)16-17(24-28-23-16)20(27)22-15(18(25)19(21)26)11-13-8-3-2-4-9-13/h2-10,15H,11H2,1H3,(H2,21,26)(H,22,27). The molecule has 28 heavy (non-hydrogen) atoms. The minimum atomic E-state index is -1.10. The second-order valence-corrected chi connectivity index (χ2v) is 6.75. The number of aryl methyl sites for hydroxylation is 1. The van der Waals surface area contributed by atoms with E-state index in [1.165, 1.54) is 0 Å². The van der Waals surface area contributed by atoms with E-state index in [2.05, 4.69) is 14.1 Å². The highest BCUT2D eigenvalue weighted by atomic mass is 32.1. The van der Waals surface area contributed by atoms with Crippen LogP contribution in [0.15, 0.2) is 54.6 Å². The van der Waals surface area contributed by atoms with Crippen LogP contribution in [0.1, 0.15) is 21.6 Å². The Morgan fingerprint density at radius 3 is 2.39 bits per heavy atom. The largest absolute Gasteiger partial charge is 0.363 e. The lowest BCUT2D eigenvalue weighted by Gasteiger charge is -2.16. The van der Waals surface area contributed by atoms with Gasteiger partial charge in [-0.1, -0.05) is 54.6 Å². The van der Waals surface area contributed by atoms with Gasteiger partial charge in [0, 0.05) is 12.0 Å². The van der Waals surface area contributed by atoms with E-state index in [0.717, 1.165) is 28.4 Å². The number of carbonyl (C=O) groups is 3. The summed E-state index contributed by atoms with van der Waals surface area (Å²) >= 11 is 0.906. The van der Waals surface area contributed by atoms with Crippen LogP contribution >= 0.6 is 11.7 Å². The fourth-order valence-electron chi connectivity index (χ4n) is 2.81. The van der Waals surface area contributed by atoms with E-state index in [9.17, 15) is 14.4 Å². The average molecular weight is 394 g/mol. The van der Waals surface area contributed by atoms with Gasteiger partial charge in [0.1, 0.15) is 11.7 Å². The maximum Gasteiger partial charge on any atom is 0.287 e. The number of rotatable bonds is 7. The molecule has 1 aromatic heterocycles. The van der Waals surface area contributed by atoms with Crippen molar-refractivity contribution >= 4 is 29.3 Å². The molecule has 1 heterocycles. The number of hydrogen-bond donors (Lipinski definition) is 2. The zero-order valence-electron chi connectivity index (χ0n) is 15.1. The topological polar surface area (TPSA) is 115 Å². The van der Waals surface area contributed by atoms with E-state index in [4.69, 9.17) is 5.73 Å². The highest BCUT2D eigenvalue weighted by Gasteiger charge is 2.28. The van der Waals surface area contributed by atoms with Crippen LogP contribution in [-0.4, -0.2) is 32.4 Å². The molecule has 1 unspecified atom stereocenters. The van der Waals surface area contributed by atoms with E-state index in [-0.39, 0.29) is 12.1 Å². The molecule has 8 heteroatoms. The third-order valence-electron chi connectivity index (χ3n) is 4.25. The number of benzene rings is 2. The van der Waals surface area contributed by atoms with Crippen molar-refractivity contribution in [3.63, 3.8) is 0 Å². The number of aromatic nitrogens is 2. The first-order valence-electron chi connectivity index (χ1n) is 8.54. The molecular weight excluding hydrogens is 376 g/mol. The van der Waals surface area contributed by atoms with Gasteiger partial charge in [0.05, 0.1) is 11.7 Å². The van der Waals surface area contributed by atoms with Gasteiger partial charge >= 0.3 is 0 Å². The Morgan fingerprint density at radius 1 is 1.04 bits per heavy atom. The molecule has 2 aromatic carbocycles. The summed E-state index contributed by atoms with van der Waals surface area (Å²) in [4.78, 5) is 36.5. The highest BCUT2D eigenvalue weighted by Crippen LogP contribution is 2.25. The van der Waals surface area contributed by atoms with Crippen molar-refractivity contribution in [1.29, 1.82) is 0 Å². The number of nitrogens with two attached hydrogens (primary N) is 1. The third-order valence-corrected chi connectivity index (χ3v) is 4.78. The zero-order chi connectivity index (χ0) is 20.1. The van der Waals surface area contributed by atoms with Crippen LogP contribution in [0.2, 0.25) is 0 Å².